The van der Waals surface area contributed by atoms with Crippen molar-refractivity contribution in [2.24, 2.45) is 0 Å². The molecule has 0 amide bonds. The Morgan fingerprint density at radius 2 is 1.54 bits per heavy atom. The minimum atomic E-state index is 0.0482. The van der Waals surface area contributed by atoms with Crippen molar-refractivity contribution < 1.29 is 9.53 Å². The highest BCUT2D eigenvalue weighted by Crippen LogP contribution is 2.23. The van der Waals surface area contributed by atoms with Gasteiger partial charge in [-0.1, -0.05) is 36.4 Å². The molecule has 4 heteroatoms. The normalized spacial score (nSPS) is 10.6. The Kier molecular flexibility index (Phi) is 4.39. The number of carbonyl (C=O) groups excluding carboxylic acids is 1. The molecule has 0 atom stereocenters. The van der Waals surface area contributed by atoms with Gasteiger partial charge in [-0.25, -0.2) is 0 Å². The van der Waals surface area contributed by atoms with Gasteiger partial charge in [-0.2, -0.15) is 0 Å². The van der Waals surface area contributed by atoms with E-state index in [4.69, 9.17) is 4.74 Å². The lowest BCUT2D eigenvalue weighted by Crippen LogP contribution is -2.13. The number of ether oxygens (including phenoxy) is 1. The van der Waals surface area contributed by atoms with Crippen molar-refractivity contribution in [3.63, 3.8) is 0 Å². The first-order valence-electron chi connectivity index (χ1n) is 8.46. The fourth-order valence-corrected chi connectivity index (χ4v) is 2.85. The molecule has 0 bridgehead atoms. The van der Waals surface area contributed by atoms with Gasteiger partial charge >= 0.3 is 0 Å². The Hall–Kier alpha value is -3.53. The lowest BCUT2D eigenvalue weighted by molar-refractivity contribution is 0.101. The largest absolute Gasteiger partial charge is 0.457 e. The lowest BCUT2D eigenvalue weighted by atomic mass is 10.1. The van der Waals surface area contributed by atoms with Crippen molar-refractivity contribution >= 4 is 22.4 Å². The van der Waals surface area contributed by atoms with E-state index in [2.05, 4.69) is 10.3 Å². The predicted octanol–water partition coefficient (Wildman–Crippen LogP) is 5.26. The zero-order valence-corrected chi connectivity index (χ0v) is 14.1. The third kappa shape index (κ3) is 3.44. The quantitative estimate of drug-likeness (QED) is 0.470. The number of ketones is 1. The summed E-state index contributed by atoms with van der Waals surface area (Å²) in [4.78, 5) is 15.6. The number of hydrogen-bond acceptors (Lipinski definition) is 3. The van der Waals surface area contributed by atoms with E-state index in [0.29, 0.717) is 5.56 Å². The molecule has 4 rings (SSSR count). The molecule has 0 saturated carbocycles. The predicted molar refractivity (Wildman–Crippen MR) is 104 cm³/mol. The first-order valence-corrected chi connectivity index (χ1v) is 8.46. The number of Topliss-reactive ketones (excluding diaryl/α,β-unsaturated/α-hetero) is 1. The first-order chi connectivity index (χ1) is 12.8. The molecule has 0 unspecified atom stereocenters. The topological polar surface area (TPSA) is 54.1 Å². The standard InChI is InChI=1S/C22H18N2O2/c25-22(20-14-24-21-9-5-4-8-19(20)21)15-23-16-10-12-18(13-11-16)26-17-6-2-1-3-7-17/h1-14,23-24H,15H2. The molecule has 26 heavy (non-hydrogen) atoms. The van der Waals surface area contributed by atoms with Crippen molar-refractivity contribution in [3.05, 3.63) is 90.6 Å². The van der Waals surface area contributed by atoms with Gasteiger partial charge in [-0.15, -0.1) is 0 Å². The Labute approximate surface area is 151 Å². The van der Waals surface area contributed by atoms with Gasteiger partial charge in [0.25, 0.3) is 0 Å². The monoisotopic (exact) mass is 342 g/mol. The fourth-order valence-electron chi connectivity index (χ4n) is 2.85. The van der Waals surface area contributed by atoms with Crippen LogP contribution in [0, 0.1) is 0 Å². The maximum Gasteiger partial charge on any atom is 0.183 e. The molecular weight excluding hydrogens is 324 g/mol. The van der Waals surface area contributed by atoms with Crippen molar-refractivity contribution in [2.75, 3.05) is 11.9 Å². The van der Waals surface area contributed by atoms with Crippen molar-refractivity contribution in [1.82, 2.24) is 4.98 Å². The van der Waals surface area contributed by atoms with E-state index < -0.39 is 0 Å². The molecule has 0 radical (unpaired) electrons. The van der Waals surface area contributed by atoms with Crippen LogP contribution in [0.1, 0.15) is 10.4 Å². The van der Waals surface area contributed by atoms with Gasteiger partial charge in [0.15, 0.2) is 5.78 Å². The highest BCUT2D eigenvalue weighted by molar-refractivity contribution is 6.09. The van der Waals surface area contributed by atoms with Crippen LogP contribution in [-0.2, 0) is 0 Å². The van der Waals surface area contributed by atoms with Crippen LogP contribution in [0.25, 0.3) is 10.9 Å². The Morgan fingerprint density at radius 1 is 0.846 bits per heavy atom. The summed E-state index contributed by atoms with van der Waals surface area (Å²) in [5, 5.41) is 4.12. The van der Waals surface area contributed by atoms with Crippen LogP contribution in [0.3, 0.4) is 0 Å². The number of carbonyl (C=O) groups is 1. The van der Waals surface area contributed by atoms with Crippen molar-refractivity contribution in [1.29, 1.82) is 0 Å². The lowest BCUT2D eigenvalue weighted by Gasteiger charge is -2.08. The Balaban J connectivity index is 1.39. The van der Waals surface area contributed by atoms with E-state index in [1.807, 2.05) is 78.9 Å². The molecule has 3 aromatic carbocycles. The second kappa shape index (κ2) is 7.15. The van der Waals surface area contributed by atoms with Crippen LogP contribution in [0.2, 0.25) is 0 Å². The number of nitrogens with one attached hydrogen (secondary N) is 2. The van der Waals surface area contributed by atoms with Gasteiger partial charge in [0.2, 0.25) is 0 Å². The number of para-hydroxylation sites is 2. The van der Waals surface area contributed by atoms with E-state index in [1.54, 1.807) is 6.20 Å². The summed E-state index contributed by atoms with van der Waals surface area (Å²) >= 11 is 0. The van der Waals surface area contributed by atoms with Crippen LogP contribution in [0.4, 0.5) is 5.69 Å². The molecule has 0 fully saturated rings. The van der Waals surface area contributed by atoms with Crippen molar-refractivity contribution in [3.8, 4) is 11.5 Å². The number of H-pyrrole nitrogens is 1. The average Bonchev–Trinajstić information content (AvgIpc) is 3.12. The summed E-state index contributed by atoms with van der Waals surface area (Å²) in [5.41, 5.74) is 2.55. The number of rotatable bonds is 6. The third-order valence-electron chi connectivity index (χ3n) is 4.18. The second-order valence-electron chi connectivity index (χ2n) is 5.96. The van der Waals surface area contributed by atoms with Gasteiger partial charge in [-0.3, -0.25) is 4.79 Å². The van der Waals surface area contributed by atoms with Gasteiger partial charge < -0.3 is 15.0 Å². The van der Waals surface area contributed by atoms with Crippen molar-refractivity contribution in [2.45, 2.75) is 0 Å². The van der Waals surface area contributed by atoms with Gasteiger partial charge in [0, 0.05) is 28.4 Å². The van der Waals surface area contributed by atoms with E-state index in [9.17, 15) is 4.79 Å². The minimum absolute atomic E-state index is 0.0482. The molecule has 1 aromatic heterocycles. The number of fused-ring (bicyclic) bond motifs is 1. The molecular formula is C22H18N2O2. The first kappa shape index (κ1) is 16.0. The van der Waals surface area contributed by atoms with Gasteiger partial charge in [0.05, 0.1) is 6.54 Å². The van der Waals surface area contributed by atoms with Crippen LogP contribution >= 0.6 is 0 Å². The average molecular weight is 342 g/mol. The van der Waals surface area contributed by atoms with Crippen LogP contribution in [0.15, 0.2) is 85.1 Å². The summed E-state index contributed by atoms with van der Waals surface area (Å²) in [6.07, 6.45) is 1.77. The van der Waals surface area contributed by atoms with Gasteiger partial charge in [0.1, 0.15) is 11.5 Å². The summed E-state index contributed by atoms with van der Waals surface area (Å²) in [6, 6.07) is 25.0. The number of aromatic amines is 1. The molecule has 128 valence electrons. The van der Waals surface area contributed by atoms with Crippen LogP contribution in [-0.4, -0.2) is 17.3 Å². The van der Waals surface area contributed by atoms with Gasteiger partial charge in [-0.05, 0) is 42.5 Å². The van der Waals surface area contributed by atoms with E-state index in [0.717, 1.165) is 28.1 Å². The summed E-state index contributed by atoms with van der Waals surface area (Å²) < 4.78 is 5.77. The van der Waals surface area contributed by atoms with Crippen LogP contribution < -0.4 is 10.1 Å². The highest BCUT2D eigenvalue weighted by atomic mass is 16.5. The third-order valence-corrected chi connectivity index (χ3v) is 4.18. The van der Waals surface area contributed by atoms with Crippen LogP contribution in [0.5, 0.6) is 11.5 Å². The molecule has 4 aromatic rings. The zero-order valence-electron chi connectivity index (χ0n) is 14.1. The molecule has 0 spiro atoms. The molecule has 0 aliphatic carbocycles. The molecule has 0 aliphatic heterocycles. The minimum Gasteiger partial charge on any atom is -0.457 e. The maximum absolute atomic E-state index is 12.5. The highest BCUT2D eigenvalue weighted by Gasteiger charge is 2.11. The summed E-state index contributed by atoms with van der Waals surface area (Å²) in [6.45, 7) is 0.237. The van der Waals surface area contributed by atoms with E-state index in [1.165, 1.54) is 0 Å². The Bertz CT molecular complexity index is 1020. The van der Waals surface area contributed by atoms with E-state index >= 15 is 0 Å². The number of anilines is 1. The fraction of sp³-hybridized carbons (Fsp3) is 0.0455. The number of aromatic nitrogens is 1. The zero-order chi connectivity index (χ0) is 17.8. The molecule has 2 N–H and O–H groups in total. The molecule has 0 saturated heterocycles. The van der Waals surface area contributed by atoms with E-state index in [-0.39, 0.29) is 12.3 Å². The molecule has 1 heterocycles. The molecule has 0 aliphatic rings. The smallest absolute Gasteiger partial charge is 0.183 e. The summed E-state index contributed by atoms with van der Waals surface area (Å²) in [5.74, 6) is 1.60. The molecule has 4 nitrogen and oxygen atoms in total. The maximum atomic E-state index is 12.5. The Morgan fingerprint density at radius 3 is 2.35 bits per heavy atom. The SMILES string of the molecule is O=C(CNc1ccc(Oc2ccccc2)cc1)c1c[nH]c2ccccc12. The summed E-state index contributed by atoms with van der Waals surface area (Å²) in [7, 11) is 0. The second-order valence-corrected chi connectivity index (χ2v) is 5.96. The number of benzene rings is 3. The number of hydrogen-bond donors (Lipinski definition) is 2.